The second-order valence-electron chi connectivity index (χ2n) is 3.32. The van der Waals surface area contributed by atoms with Gasteiger partial charge >= 0.3 is 0 Å². The summed E-state index contributed by atoms with van der Waals surface area (Å²) in [5, 5.41) is 9.48. The van der Waals surface area contributed by atoms with Crippen molar-refractivity contribution in [3.05, 3.63) is 39.4 Å². The third-order valence-corrected chi connectivity index (χ3v) is 2.69. The van der Waals surface area contributed by atoms with Gasteiger partial charge in [0.25, 0.3) is 12.1 Å². The number of alkyl halides is 3. The number of para-hydroxylation sites is 1. The van der Waals surface area contributed by atoms with Crippen LogP contribution in [0.2, 0.25) is 0 Å². The van der Waals surface area contributed by atoms with Gasteiger partial charge in [0.1, 0.15) is 5.38 Å². The van der Waals surface area contributed by atoms with Crippen LogP contribution in [0.1, 0.15) is 29.9 Å². The second-order valence-corrected chi connectivity index (χ2v) is 3.75. The van der Waals surface area contributed by atoms with Crippen molar-refractivity contribution in [3.8, 4) is 0 Å². The van der Waals surface area contributed by atoms with Crippen molar-refractivity contribution in [1.82, 2.24) is 0 Å². The second kappa shape index (κ2) is 5.18. The molecular formula is C10H8ClF2NO3. The Morgan fingerprint density at radius 3 is 2.35 bits per heavy atom. The summed E-state index contributed by atoms with van der Waals surface area (Å²) in [5.41, 5.74) is -1.74. The van der Waals surface area contributed by atoms with Gasteiger partial charge in [-0.15, -0.1) is 11.6 Å². The molecule has 0 saturated heterocycles. The summed E-state index contributed by atoms with van der Waals surface area (Å²) in [6.07, 6.45) is -2.99. The molecule has 1 unspecified atom stereocenters. The van der Waals surface area contributed by atoms with Crippen molar-refractivity contribution in [3.63, 3.8) is 0 Å². The van der Waals surface area contributed by atoms with Gasteiger partial charge in [-0.3, -0.25) is 14.9 Å². The number of Topliss-reactive ketones (excluding diaryl/α,β-unsaturated/α-hetero) is 1. The largest absolute Gasteiger partial charge is 0.298 e. The van der Waals surface area contributed by atoms with Crippen LogP contribution in [-0.4, -0.2) is 10.7 Å². The minimum absolute atomic E-state index is 0.207. The van der Waals surface area contributed by atoms with E-state index in [0.717, 1.165) is 13.0 Å². The molecule has 1 aromatic carbocycles. The van der Waals surface area contributed by atoms with Crippen LogP contribution in [0.25, 0.3) is 0 Å². The predicted octanol–water partition coefficient (Wildman–Crippen LogP) is 3.40. The highest BCUT2D eigenvalue weighted by atomic mass is 35.5. The van der Waals surface area contributed by atoms with Crippen molar-refractivity contribution in [2.24, 2.45) is 0 Å². The molecule has 0 aliphatic carbocycles. The Kier molecular flexibility index (Phi) is 4.11. The van der Waals surface area contributed by atoms with Crippen LogP contribution >= 0.6 is 11.6 Å². The molecule has 4 nitrogen and oxygen atoms in total. The van der Waals surface area contributed by atoms with Gasteiger partial charge in [0.15, 0.2) is 5.78 Å². The molecule has 0 amide bonds. The first kappa shape index (κ1) is 13.5. The van der Waals surface area contributed by atoms with Crippen LogP contribution in [0.15, 0.2) is 18.2 Å². The monoisotopic (exact) mass is 263 g/mol. The predicted molar refractivity (Wildman–Crippen MR) is 57.3 cm³/mol. The number of hydrogen-bond donors (Lipinski definition) is 0. The summed E-state index contributed by atoms with van der Waals surface area (Å²) in [7, 11) is 0. The lowest BCUT2D eigenvalue weighted by Gasteiger charge is -2.09. The van der Waals surface area contributed by atoms with Gasteiger partial charge in [0.05, 0.1) is 16.1 Å². The molecule has 7 heteroatoms. The van der Waals surface area contributed by atoms with E-state index in [1.807, 2.05) is 0 Å². The Labute approximate surface area is 100 Å². The normalized spacial score (nSPS) is 12.5. The molecular weight excluding hydrogens is 256 g/mol. The maximum absolute atomic E-state index is 12.6. The first-order valence-electron chi connectivity index (χ1n) is 4.56. The first-order valence-corrected chi connectivity index (χ1v) is 4.99. The Balaban J connectivity index is 3.45. The maximum atomic E-state index is 12.6. The van der Waals surface area contributed by atoms with E-state index in [4.69, 9.17) is 11.6 Å². The molecule has 0 saturated carbocycles. The zero-order valence-electron chi connectivity index (χ0n) is 8.69. The highest BCUT2D eigenvalue weighted by Gasteiger charge is 2.30. The summed E-state index contributed by atoms with van der Waals surface area (Å²) in [5.74, 6) is -0.541. The minimum atomic E-state index is -2.99. The molecule has 1 aromatic rings. The quantitative estimate of drug-likeness (QED) is 0.475. The van der Waals surface area contributed by atoms with Gasteiger partial charge in [-0.1, -0.05) is 12.1 Å². The molecule has 0 spiro atoms. The Morgan fingerprint density at radius 1 is 1.41 bits per heavy atom. The standard InChI is InChI=1S/C10H8ClF2NO3/c1-5(15)8(11)6-3-2-4-7(10(12)13)9(6)14(16)17/h2-4,8,10H,1H3. The SMILES string of the molecule is CC(=O)C(Cl)c1cccc(C(F)F)c1[N+](=O)[O-]. The van der Waals surface area contributed by atoms with Crippen LogP contribution < -0.4 is 0 Å². The average molecular weight is 264 g/mol. The lowest BCUT2D eigenvalue weighted by atomic mass is 10.0. The summed E-state index contributed by atoms with van der Waals surface area (Å²) in [4.78, 5) is 20.9. The number of hydrogen-bond acceptors (Lipinski definition) is 3. The fraction of sp³-hybridized carbons (Fsp3) is 0.300. The molecule has 0 heterocycles. The topological polar surface area (TPSA) is 60.2 Å². The molecule has 1 rings (SSSR count). The third-order valence-electron chi connectivity index (χ3n) is 2.15. The maximum Gasteiger partial charge on any atom is 0.283 e. The molecule has 0 fully saturated rings. The molecule has 0 aliphatic rings. The van der Waals surface area contributed by atoms with Crippen molar-refractivity contribution in [2.75, 3.05) is 0 Å². The van der Waals surface area contributed by atoms with Crippen LogP contribution in [0, 0.1) is 10.1 Å². The van der Waals surface area contributed by atoms with Crippen molar-refractivity contribution >= 4 is 23.1 Å². The van der Waals surface area contributed by atoms with Gasteiger partial charge in [0, 0.05) is 0 Å². The molecule has 17 heavy (non-hydrogen) atoms. The van der Waals surface area contributed by atoms with Crippen LogP contribution in [0.3, 0.4) is 0 Å². The molecule has 0 N–H and O–H groups in total. The Morgan fingerprint density at radius 2 is 1.94 bits per heavy atom. The van der Waals surface area contributed by atoms with Crippen LogP contribution in [0.5, 0.6) is 0 Å². The fourth-order valence-corrected chi connectivity index (χ4v) is 1.57. The number of carbonyl (C=O) groups excluding carboxylic acids is 1. The zero-order chi connectivity index (χ0) is 13.2. The van der Waals surface area contributed by atoms with E-state index in [9.17, 15) is 23.7 Å². The first-order chi connectivity index (χ1) is 7.86. The van der Waals surface area contributed by atoms with Gasteiger partial charge < -0.3 is 0 Å². The number of halogens is 3. The van der Waals surface area contributed by atoms with Gasteiger partial charge in [-0.05, 0) is 13.0 Å². The van der Waals surface area contributed by atoms with E-state index >= 15 is 0 Å². The van der Waals surface area contributed by atoms with Gasteiger partial charge in [-0.25, -0.2) is 8.78 Å². The van der Waals surface area contributed by atoms with E-state index in [2.05, 4.69) is 0 Å². The van der Waals surface area contributed by atoms with Crippen molar-refractivity contribution in [1.29, 1.82) is 0 Å². The van der Waals surface area contributed by atoms with Gasteiger partial charge in [-0.2, -0.15) is 0 Å². The lowest BCUT2D eigenvalue weighted by Crippen LogP contribution is -2.07. The summed E-state index contributed by atoms with van der Waals surface area (Å²) >= 11 is 5.67. The highest BCUT2D eigenvalue weighted by Crippen LogP contribution is 2.37. The summed E-state index contributed by atoms with van der Waals surface area (Å²) in [6.45, 7) is 1.14. The minimum Gasteiger partial charge on any atom is -0.298 e. The molecule has 0 aliphatic heterocycles. The van der Waals surface area contributed by atoms with E-state index in [-0.39, 0.29) is 5.56 Å². The number of carbonyl (C=O) groups is 1. The molecule has 0 aromatic heterocycles. The molecule has 1 atom stereocenters. The smallest absolute Gasteiger partial charge is 0.283 e. The Hall–Kier alpha value is -1.56. The zero-order valence-corrected chi connectivity index (χ0v) is 9.45. The van der Waals surface area contributed by atoms with E-state index in [0.29, 0.717) is 0 Å². The number of nitrogens with zero attached hydrogens (tertiary/aromatic N) is 1. The van der Waals surface area contributed by atoms with E-state index in [1.54, 1.807) is 0 Å². The summed E-state index contributed by atoms with van der Waals surface area (Å²) < 4.78 is 25.2. The molecule has 92 valence electrons. The van der Waals surface area contributed by atoms with Crippen molar-refractivity contribution < 1.29 is 18.5 Å². The van der Waals surface area contributed by atoms with Crippen LogP contribution in [0.4, 0.5) is 14.5 Å². The van der Waals surface area contributed by atoms with Crippen molar-refractivity contribution in [2.45, 2.75) is 18.7 Å². The number of ketones is 1. The molecule has 0 bridgehead atoms. The number of nitro benzene ring substituents is 1. The number of rotatable bonds is 4. The fourth-order valence-electron chi connectivity index (χ4n) is 1.39. The average Bonchev–Trinajstić information content (AvgIpc) is 2.26. The lowest BCUT2D eigenvalue weighted by molar-refractivity contribution is -0.387. The van der Waals surface area contributed by atoms with E-state index in [1.165, 1.54) is 12.1 Å². The number of nitro groups is 1. The number of benzene rings is 1. The van der Waals surface area contributed by atoms with Crippen LogP contribution in [-0.2, 0) is 4.79 Å². The highest BCUT2D eigenvalue weighted by molar-refractivity contribution is 6.31. The summed E-state index contributed by atoms with van der Waals surface area (Å²) in [6, 6.07) is 3.35. The van der Waals surface area contributed by atoms with Gasteiger partial charge in [0.2, 0.25) is 0 Å². The Bertz CT molecular complexity index is 465. The third kappa shape index (κ3) is 2.76. The van der Waals surface area contributed by atoms with E-state index < -0.39 is 33.8 Å². The molecule has 0 radical (unpaired) electrons.